The second-order valence-electron chi connectivity index (χ2n) is 4.28. The molecular formula is C13H12N6O2. The van der Waals surface area contributed by atoms with Crippen LogP contribution in [-0.2, 0) is 0 Å². The third kappa shape index (κ3) is 2.34. The zero-order chi connectivity index (χ0) is 14.8. The van der Waals surface area contributed by atoms with E-state index in [4.69, 9.17) is 0 Å². The summed E-state index contributed by atoms with van der Waals surface area (Å²) in [5.74, 6) is 0. The fraction of sp³-hybridized carbons (Fsp3) is 0.0769. The maximum absolute atomic E-state index is 11.9. The Morgan fingerprint density at radius 1 is 1.14 bits per heavy atom. The third-order valence-corrected chi connectivity index (χ3v) is 2.97. The Balaban J connectivity index is 2.09. The molecule has 2 heterocycles. The van der Waals surface area contributed by atoms with Gasteiger partial charge in [0.05, 0.1) is 12.4 Å². The maximum atomic E-state index is 11.9. The molecule has 0 aliphatic carbocycles. The molecule has 0 fully saturated rings. The SMILES string of the molecule is CNn1cc(-n2cc(-c3ccccc3)nn2)c(=O)[nH]c1=O. The Kier molecular flexibility index (Phi) is 3.11. The van der Waals surface area contributed by atoms with Gasteiger partial charge in [-0.05, 0) is 0 Å². The first kappa shape index (κ1) is 12.9. The van der Waals surface area contributed by atoms with Gasteiger partial charge >= 0.3 is 5.69 Å². The molecule has 0 bridgehead atoms. The van der Waals surface area contributed by atoms with E-state index in [9.17, 15) is 9.59 Å². The van der Waals surface area contributed by atoms with Gasteiger partial charge in [-0.25, -0.2) is 14.2 Å². The molecule has 0 spiro atoms. The summed E-state index contributed by atoms with van der Waals surface area (Å²) in [7, 11) is 1.57. The van der Waals surface area contributed by atoms with Gasteiger partial charge in [0.1, 0.15) is 11.4 Å². The highest BCUT2D eigenvalue weighted by Crippen LogP contribution is 2.15. The van der Waals surface area contributed by atoms with Crippen molar-refractivity contribution in [3.63, 3.8) is 0 Å². The molecule has 8 nitrogen and oxygen atoms in total. The standard InChI is InChI=1S/C13H12N6O2/c1-14-19-8-11(12(20)15-13(19)21)18-7-10(16-17-18)9-5-3-2-4-6-9/h2-8,14H,1H3,(H,15,20,21). The number of rotatable bonds is 3. The van der Waals surface area contributed by atoms with Crippen LogP contribution in [0.1, 0.15) is 0 Å². The lowest BCUT2D eigenvalue weighted by Gasteiger charge is -2.05. The van der Waals surface area contributed by atoms with Gasteiger partial charge in [-0.3, -0.25) is 9.78 Å². The van der Waals surface area contributed by atoms with E-state index in [1.807, 2.05) is 30.3 Å². The first-order chi connectivity index (χ1) is 10.2. The van der Waals surface area contributed by atoms with E-state index in [1.54, 1.807) is 13.2 Å². The minimum absolute atomic E-state index is 0.193. The highest BCUT2D eigenvalue weighted by Gasteiger charge is 2.10. The van der Waals surface area contributed by atoms with E-state index in [1.165, 1.54) is 10.9 Å². The summed E-state index contributed by atoms with van der Waals surface area (Å²) in [6.45, 7) is 0. The molecule has 0 saturated carbocycles. The number of aromatic nitrogens is 5. The van der Waals surface area contributed by atoms with Gasteiger partial charge < -0.3 is 5.43 Å². The molecule has 0 unspecified atom stereocenters. The lowest BCUT2D eigenvalue weighted by atomic mass is 10.2. The monoisotopic (exact) mass is 284 g/mol. The Hall–Kier alpha value is -3.16. The number of H-pyrrole nitrogens is 1. The normalized spacial score (nSPS) is 10.5. The summed E-state index contributed by atoms with van der Waals surface area (Å²) < 4.78 is 2.48. The second-order valence-corrected chi connectivity index (χ2v) is 4.28. The van der Waals surface area contributed by atoms with Gasteiger partial charge in [-0.1, -0.05) is 35.5 Å². The van der Waals surface area contributed by atoms with Crippen molar-refractivity contribution in [2.45, 2.75) is 0 Å². The lowest BCUT2D eigenvalue weighted by Crippen LogP contribution is -2.35. The summed E-state index contributed by atoms with van der Waals surface area (Å²) in [5, 5.41) is 7.97. The van der Waals surface area contributed by atoms with Crippen molar-refractivity contribution < 1.29 is 0 Å². The average molecular weight is 284 g/mol. The van der Waals surface area contributed by atoms with Crippen LogP contribution in [0.3, 0.4) is 0 Å². The topological polar surface area (TPSA) is 97.6 Å². The van der Waals surface area contributed by atoms with Crippen molar-refractivity contribution in [2.75, 3.05) is 12.5 Å². The predicted molar refractivity (Wildman–Crippen MR) is 77.0 cm³/mol. The smallest absolute Gasteiger partial charge is 0.325 e. The Labute approximate surface area is 118 Å². The average Bonchev–Trinajstić information content (AvgIpc) is 2.98. The van der Waals surface area contributed by atoms with Gasteiger partial charge in [0.15, 0.2) is 0 Å². The zero-order valence-electron chi connectivity index (χ0n) is 11.1. The summed E-state index contributed by atoms with van der Waals surface area (Å²) in [6, 6.07) is 9.48. The minimum atomic E-state index is -0.547. The van der Waals surface area contributed by atoms with E-state index in [-0.39, 0.29) is 5.69 Å². The molecule has 106 valence electrons. The van der Waals surface area contributed by atoms with Gasteiger partial charge in [0, 0.05) is 12.6 Å². The molecule has 1 aromatic carbocycles. The molecule has 0 aliphatic rings. The van der Waals surface area contributed by atoms with Crippen LogP contribution >= 0.6 is 0 Å². The summed E-state index contributed by atoms with van der Waals surface area (Å²) in [4.78, 5) is 25.6. The fourth-order valence-electron chi connectivity index (χ4n) is 1.91. The van der Waals surface area contributed by atoms with Gasteiger partial charge in [0.25, 0.3) is 5.56 Å². The molecule has 0 radical (unpaired) electrons. The fourth-order valence-corrected chi connectivity index (χ4v) is 1.91. The van der Waals surface area contributed by atoms with Crippen LogP contribution in [0.15, 0.2) is 52.3 Å². The quantitative estimate of drug-likeness (QED) is 0.703. The molecule has 3 rings (SSSR count). The number of hydrogen-bond acceptors (Lipinski definition) is 5. The second kappa shape index (κ2) is 5.08. The van der Waals surface area contributed by atoms with Crippen molar-refractivity contribution in [2.24, 2.45) is 0 Å². The van der Waals surface area contributed by atoms with Crippen LogP contribution in [0.4, 0.5) is 0 Å². The number of nitrogens with zero attached hydrogens (tertiary/aromatic N) is 4. The molecule has 0 aliphatic heterocycles. The molecule has 21 heavy (non-hydrogen) atoms. The van der Waals surface area contributed by atoms with E-state index in [2.05, 4.69) is 20.7 Å². The van der Waals surface area contributed by atoms with Crippen molar-refractivity contribution in [1.29, 1.82) is 0 Å². The Bertz CT molecular complexity index is 877. The van der Waals surface area contributed by atoms with Crippen LogP contribution in [0.2, 0.25) is 0 Å². The number of nitrogens with one attached hydrogen (secondary N) is 2. The van der Waals surface area contributed by atoms with E-state index < -0.39 is 11.2 Å². The summed E-state index contributed by atoms with van der Waals surface area (Å²) in [5.41, 5.74) is 3.29. The Morgan fingerprint density at radius 2 is 1.90 bits per heavy atom. The summed E-state index contributed by atoms with van der Waals surface area (Å²) in [6.07, 6.45) is 3.00. The van der Waals surface area contributed by atoms with Gasteiger partial charge in [0.2, 0.25) is 0 Å². The highest BCUT2D eigenvalue weighted by atomic mass is 16.2. The minimum Gasteiger partial charge on any atom is -0.325 e. The maximum Gasteiger partial charge on any atom is 0.346 e. The molecule has 0 amide bonds. The summed E-state index contributed by atoms with van der Waals surface area (Å²) >= 11 is 0. The molecule has 2 N–H and O–H groups in total. The number of benzene rings is 1. The van der Waals surface area contributed by atoms with E-state index in [0.29, 0.717) is 5.69 Å². The van der Waals surface area contributed by atoms with Gasteiger partial charge in [-0.15, -0.1) is 5.10 Å². The molecule has 3 aromatic rings. The largest absolute Gasteiger partial charge is 0.346 e. The number of aromatic amines is 1. The molecule has 2 aromatic heterocycles. The lowest BCUT2D eigenvalue weighted by molar-refractivity contribution is 0.744. The van der Waals surface area contributed by atoms with Crippen LogP contribution in [0.5, 0.6) is 0 Å². The molecule has 0 saturated heterocycles. The molecule has 8 heteroatoms. The van der Waals surface area contributed by atoms with E-state index >= 15 is 0 Å². The Morgan fingerprint density at radius 3 is 2.62 bits per heavy atom. The first-order valence-corrected chi connectivity index (χ1v) is 6.21. The van der Waals surface area contributed by atoms with Crippen LogP contribution in [-0.4, -0.2) is 31.7 Å². The number of hydrogen-bond donors (Lipinski definition) is 2. The van der Waals surface area contributed by atoms with Crippen LogP contribution < -0.4 is 16.7 Å². The van der Waals surface area contributed by atoms with E-state index in [0.717, 1.165) is 10.2 Å². The molecule has 0 atom stereocenters. The van der Waals surface area contributed by atoms with Crippen molar-refractivity contribution >= 4 is 0 Å². The predicted octanol–water partition coefficient (Wildman–Crippen LogP) is -0.0424. The molecular weight excluding hydrogens is 272 g/mol. The van der Waals surface area contributed by atoms with Crippen molar-refractivity contribution in [1.82, 2.24) is 24.7 Å². The van der Waals surface area contributed by atoms with Crippen LogP contribution in [0, 0.1) is 0 Å². The van der Waals surface area contributed by atoms with Crippen molar-refractivity contribution in [3.05, 3.63) is 63.6 Å². The zero-order valence-corrected chi connectivity index (χ0v) is 11.1. The third-order valence-electron chi connectivity index (χ3n) is 2.97. The van der Waals surface area contributed by atoms with Crippen LogP contribution in [0.25, 0.3) is 16.9 Å². The van der Waals surface area contributed by atoms with Crippen molar-refractivity contribution in [3.8, 4) is 16.9 Å². The van der Waals surface area contributed by atoms with Gasteiger partial charge in [-0.2, -0.15) is 0 Å². The highest BCUT2D eigenvalue weighted by molar-refractivity contribution is 5.57. The first-order valence-electron chi connectivity index (χ1n) is 6.21.